The van der Waals surface area contributed by atoms with Crippen molar-refractivity contribution in [2.24, 2.45) is 12.1 Å². The Morgan fingerprint density at radius 3 is 2.42 bits per heavy atom. The zero-order valence-electron chi connectivity index (χ0n) is 19.3. The van der Waals surface area contributed by atoms with Crippen LogP contribution >= 0.6 is 11.3 Å². The van der Waals surface area contributed by atoms with Crippen LogP contribution in [0.1, 0.15) is 20.9 Å². The zero-order valence-corrected chi connectivity index (χ0v) is 20.1. The molecule has 0 aliphatic carbocycles. The monoisotopic (exact) mass is 503 g/mol. The maximum Gasteiger partial charge on any atom is 0.353 e. The van der Waals surface area contributed by atoms with E-state index in [0.717, 1.165) is 0 Å². The van der Waals surface area contributed by atoms with Crippen LogP contribution in [0.25, 0.3) is 5.69 Å². The molecule has 0 aliphatic rings. The summed E-state index contributed by atoms with van der Waals surface area (Å²) in [6.07, 6.45) is 1.25. The van der Waals surface area contributed by atoms with Gasteiger partial charge in [-0.05, 0) is 42.6 Å². The molecule has 0 fully saturated rings. The molecule has 0 aliphatic heterocycles. The van der Waals surface area contributed by atoms with E-state index < -0.39 is 23.3 Å². The molecule has 2 aromatic heterocycles. The number of carbonyl (C=O) groups excluding carboxylic acids is 3. The van der Waals surface area contributed by atoms with E-state index in [0.29, 0.717) is 21.8 Å². The number of ether oxygens (including phenoxy) is 1. The first kappa shape index (κ1) is 24.4. The fourth-order valence-corrected chi connectivity index (χ4v) is 3.92. The molecule has 0 unspecified atom stereocenters. The molecule has 2 aromatic carbocycles. The summed E-state index contributed by atoms with van der Waals surface area (Å²) in [6, 6.07) is 18.9. The number of nitrogens with zero attached hydrogens (tertiary/aromatic N) is 3. The van der Waals surface area contributed by atoms with Gasteiger partial charge in [0.25, 0.3) is 5.56 Å². The van der Waals surface area contributed by atoms with Crippen molar-refractivity contribution in [3.8, 4) is 11.4 Å². The lowest BCUT2D eigenvalue weighted by molar-refractivity contribution is -0.136. The van der Waals surface area contributed by atoms with E-state index in [1.807, 2.05) is 6.07 Å². The summed E-state index contributed by atoms with van der Waals surface area (Å²) in [5.74, 6) is -2.42. The van der Waals surface area contributed by atoms with E-state index in [-0.39, 0.29) is 11.4 Å². The minimum Gasteiger partial charge on any atom is -0.422 e. The minimum absolute atomic E-state index is 0.0173. The lowest BCUT2D eigenvalue weighted by atomic mass is 10.2. The Hall–Kier alpha value is -4.77. The van der Waals surface area contributed by atoms with Crippen molar-refractivity contribution in [1.82, 2.24) is 14.8 Å². The molecule has 0 saturated heterocycles. The lowest BCUT2D eigenvalue weighted by Gasteiger charge is -2.07. The number of esters is 1. The highest BCUT2D eigenvalue weighted by atomic mass is 32.1. The Bertz CT molecular complexity index is 1500. The lowest BCUT2D eigenvalue weighted by Crippen LogP contribution is -2.34. The highest BCUT2D eigenvalue weighted by Crippen LogP contribution is 2.19. The van der Waals surface area contributed by atoms with Gasteiger partial charge in [-0.3, -0.25) is 19.1 Å². The number of anilines is 1. The van der Waals surface area contributed by atoms with E-state index >= 15 is 0 Å². The van der Waals surface area contributed by atoms with Crippen LogP contribution in [0.3, 0.4) is 0 Å². The summed E-state index contributed by atoms with van der Waals surface area (Å²) in [4.78, 5) is 50.3. The summed E-state index contributed by atoms with van der Waals surface area (Å²) in [5, 5.41) is 7.91. The zero-order chi connectivity index (χ0) is 25.7. The SMILES string of the molecule is Cc1c(NC(=O)C(=O)N/N=C/c2ccccc2OC(=O)c2cccs2)c(=O)n(-c2ccccc2)n1C. The van der Waals surface area contributed by atoms with Gasteiger partial charge in [-0.25, -0.2) is 14.9 Å². The van der Waals surface area contributed by atoms with Crippen LogP contribution in [0.4, 0.5) is 5.69 Å². The first-order valence-electron chi connectivity index (χ1n) is 10.7. The normalized spacial score (nSPS) is 10.8. The number of hydrazone groups is 1. The van der Waals surface area contributed by atoms with Gasteiger partial charge < -0.3 is 10.1 Å². The molecule has 11 heteroatoms. The smallest absolute Gasteiger partial charge is 0.353 e. The number of nitrogens with one attached hydrogen (secondary N) is 2. The van der Waals surface area contributed by atoms with E-state index in [1.54, 1.807) is 84.7 Å². The van der Waals surface area contributed by atoms with Crippen molar-refractivity contribution in [2.75, 3.05) is 5.32 Å². The van der Waals surface area contributed by atoms with Crippen molar-refractivity contribution in [1.29, 1.82) is 0 Å². The van der Waals surface area contributed by atoms with Crippen molar-refractivity contribution in [2.45, 2.75) is 6.92 Å². The van der Waals surface area contributed by atoms with Crippen LogP contribution in [0, 0.1) is 6.92 Å². The predicted octanol–water partition coefficient (Wildman–Crippen LogP) is 2.85. The molecule has 182 valence electrons. The summed E-state index contributed by atoms with van der Waals surface area (Å²) in [6.45, 7) is 1.65. The van der Waals surface area contributed by atoms with E-state index in [1.165, 1.54) is 22.2 Å². The van der Waals surface area contributed by atoms with Gasteiger partial charge in [-0.1, -0.05) is 36.4 Å². The Balaban J connectivity index is 1.43. The maximum absolute atomic E-state index is 12.9. The molecule has 0 saturated carbocycles. The fourth-order valence-electron chi connectivity index (χ4n) is 3.32. The third kappa shape index (κ3) is 5.15. The van der Waals surface area contributed by atoms with Crippen molar-refractivity contribution >= 4 is 41.0 Å². The molecule has 0 bridgehead atoms. The largest absolute Gasteiger partial charge is 0.422 e. The van der Waals surface area contributed by atoms with Crippen LogP contribution in [-0.4, -0.2) is 33.4 Å². The summed E-state index contributed by atoms with van der Waals surface area (Å²) < 4.78 is 8.36. The summed E-state index contributed by atoms with van der Waals surface area (Å²) in [5.41, 5.74) is 3.11. The van der Waals surface area contributed by atoms with E-state index in [9.17, 15) is 19.2 Å². The van der Waals surface area contributed by atoms with Crippen LogP contribution in [0.5, 0.6) is 5.75 Å². The van der Waals surface area contributed by atoms with Gasteiger partial charge in [-0.2, -0.15) is 5.10 Å². The molecule has 0 atom stereocenters. The minimum atomic E-state index is -1.08. The number of amides is 2. The Morgan fingerprint density at radius 1 is 0.972 bits per heavy atom. The number of carbonyl (C=O) groups is 3. The average molecular weight is 504 g/mol. The average Bonchev–Trinajstić information content (AvgIpc) is 3.49. The number of hydrogen-bond donors (Lipinski definition) is 2. The second-order valence-corrected chi connectivity index (χ2v) is 8.44. The number of benzene rings is 2. The van der Waals surface area contributed by atoms with Crippen molar-refractivity contribution in [3.63, 3.8) is 0 Å². The number of hydrogen-bond acceptors (Lipinski definition) is 7. The quantitative estimate of drug-likeness (QED) is 0.138. The van der Waals surface area contributed by atoms with E-state index in [4.69, 9.17) is 4.74 Å². The molecule has 2 N–H and O–H groups in total. The highest BCUT2D eigenvalue weighted by molar-refractivity contribution is 7.12. The van der Waals surface area contributed by atoms with Crippen molar-refractivity contribution < 1.29 is 19.1 Å². The number of thiophene rings is 1. The van der Waals surface area contributed by atoms with Gasteiger partial charge in [0.1, 0.15) is 16.3 Å². The van der Waals surface area contributed by atoms with Crippen LogP contribution < -0.4 is 21.0 Å². The Morgan fingerprint density at radius 2 is 1.69 bits per heavy atom. The first-order chi connectivity index (χ1) is 17.4. The second-order valence-electron chi connectivity index (χ2n) is 7.49. The van der Waals surface area contributed by atoms with Crippen molar-refractivity contribution in [3.05, 3.63) is 98.6 Å². The molecule has 2 amide bonds. The second kappa shape index (κ2) is 10.7. The molecule has 2 heterocycles. The molecule has 36 heavy (non-hydrogen) atoms. The molecule has 4 aromatic rings. The molecule has 10 nitrogen and oxygen atoms in total. The Labute approximate surface area is 209 Å². The van der Waals surface area contributed by atoms with Gasteiger partial charge >= 0.3 is 17.8 Å². The number of rotatable bonds is 6. The van der Waals surface area contributed by atoms with Gasteiger partial charge in [-0.15, -0.1) is 11.3 Å². The number of para-hydroxylation sites is 2. The molecular formula is C25H21N5O5S. The van der Waals surface area contributed by atoms with E-state index in [2.05, 4.69) is 15.8 Å². The standard InChI is InChI=1S/C25H21N5O5S/c1-16-21(24(33)30(29(16)2)18-10-4-3-5-11-18)27-22(31)23(32)28-26-15-17-9-6-7-12-19(17)35-25(34)20-13-8-14-36-20/h3-15H,1-2H3,(H,27,31)(H,28,32)/b26-15+. The molecular weight excluding hydrogens is 482 g/mol. The number of aromatic nitrogens is 2. The van der Waals surface area contributed by atoms with Gasteiger partial charge in [0.15, 0.2) is 0 Å². The van der Waals surface area contributed by atoms with Gasteiger partial charge in [0.2, 0.25) is 0 Å². The summed E-state index contributed by atoms with van der Waals surface area (Å²) in [7, 11) is 1.67. The third-order valence-corrected chi connectivity index (χ3v) is 6.06. The maximum atomic E-state index is 12.9. The topological polar surface area (TPSA) is 124 Å². The first-order valence-corrected chi connectivity index (χ1v) is 11.6. The molecule has 0 spiro atoms. The van der Waals surface area contributed by atoms with Crippen LogP contribution in [0.15, 0.2) is 82.0 Å². The third-order valence-electron chi connectivity index (χ3n) is 5.21. The van der Waals surface area contributed by atoms with Crippen LogP contribution in [0.2, 0.25) is 0 Å². The van der Waals surface area contributed by atoms with Gasteiger partial charge in [0.05, 0.1) is 17.6 Å². The predicted molar refractivity (Wildman–Crippen MR) is 136 cm³/mol. The molecule has 4 rings (SSSR count). The van der Waals surface area contributed by atoms with Crippen LogP contribution in [-0.2, 0) is 16.6 Å². The Kier molecular flexibility index (Phi) is 7.21. The highest BCUT2D eigenvalue weighted by Gasteiger charge is 2.21. The summed E-state index contributed by atoms with van der Waals surface area (Å²) >= 11 is 1.25. The molecule has 0 radical (unpaired) electrons. The fraction of sp³-hybridized carbons (Fsp3) is 0.0800. The van der Waals surface area contributed by atoms with Gasteiger partial charge in [0, 0.05) is 12.6 Å².